The van der Waals surface area contributed by atoms with Gasteiger partial charge < -0.3 is 10.1 Å². The van der Waals surface area contributed by atoms with E-state index in [9.17, 15) is 0 Å². The van der Waals surface area contributed by atoms with Gasteiger partial charge in [0.15, 0.2) is 0 Å². The van der Waals surface area contributed by atoms with Gasteiger partial charge in [0.05, 0.1) is 12.2 Å². The number of hydrogen-bond acceptors (Lipinski definition) is 2. The fourth-order valence-electron chi connectivity index (χ4n) is 2.19. The van der Waals surface area contributed by atoms with E-state index in [1.165, 1.54) is 16.7 Å². The van der Waals surface area contributed by atoms with Crippen LogP contribution in [-0.2, 0) is 4.74 Å². The van der Waals surface area contributed by atoms with Crippen molar-refractivity contribution in [1.29, 1.82) is 0 Å². The van der Waals surface area contributed by atoms with Crippen LogP contribution in [0.2, 0.25) is 0 Å². The molecule has 2 heteroatoms. The Balaban J connectivity index is 2.20. The molecule has 0 spiro atoms. The van der Waals surface area contributed by atoms with Crippen LogP contribution >= 0.6 is 0 Å². The minimum Gasteiger partial charge on any atom is -0.368 e. The first-order valence-corrected chi connectivity index (χ1v) is 5.59. The van der Waals surface area contributed by atoms with Crippen molar-refractivity contribution in [1.82, 2.24) is 5.32 Å². The van der Waals surface area contributed by atoms with Crippen molar-refractivity contribution in [3.8, 4) is 0 Å². The molecule has 1 saturated heterocycles. The van der Waals surface area contributed by atoms with Crippen molar-refractivity contribution in [2.45, 2.75) is 33.0 Å². The van der Waals surface area contributed by atoms with Crippen molar-refractivity contribution >= 4 is 0 Å². The summed E-state index contributed by atoms with van der Waals surface area (Å²) < 4.78 is 5.92. The zero-order valence-electron chi connectivity index (χ0n) is 9.71. The highest BCUT2D eigenvalue weighted by atomic mass is 16.5. The first-order chi connectivity index (χ1) is 7.15. The molecular formula is C13H19NO. The van der Waals surface area contributed by atoms with Crippen molar-refractivity contribution in [2.24, 2.45) is 0 Å². The number of aryl methyl sites for hydroxylation is 2. The summed E-state index contributed by atoms with van der Waals surface area (Å²) in [5.74, 6) is 0. The van der Waals surface area contributed by atoms with E-state index >= 15 is 0 Å². The maximum Gasteiger partial charge on any atom is 0.0953 e. The second-order valence-corrected chi connectivity index (χ2v) is 4.51. The molecule has 0 bridgehead atoms. The maximum absolute atomic E-state index is 5.92. The first-order valence-electron chi connectivity index (χ1n) is 5.59. The predicted molar refractivity (Wildman–Crippen MR) is 62.1 cm³/mol. The smallest absolute Gasteiger partial charge is 0.0953 e. The van der Waals surface area contributed by atoms with Gasteiger partial charge >= 0.3 is 0 Å². The summed E-state index contributed by atoms with van der Waals surface area (Å²) in [4.78, 5) is 0. The van der Waals surface area contributed by atoms with Gasteiger partial charge in [-0.25, -0.2) is 0 Å². The van der Waals surface area contributed by atoms with Gasteiger partial charge in [0.1, 0.15) is 0 Å². The molecule has 1 heterocycles. The third-order valence-electron chi connectivity index (χ3n) is 2.77. The van der Waals surface area contributed by atoms with E-state index in [2.05, 4.69) is 44.3 Å². The summed E-state index contributed by atoms with van der Waals surface area (Å²) in [5.41, 5.74) is 3.92. The van der Waals surface area contributed by atoms with E-state index in [1.807, 2.05) is 0 Å². The van der Waals surface area contributed by atoms with Gasteiger partial charge in [0.2, 0.25) is 0 Å². The SMILES string of the molecule is Cc1cc(C)cc(C2CNCC(C)O2)c1. The van der Waals surface area contributed by atoms with Crippen LogP contribution in [0.3, 0.4) is 0 Å². The second-order valence-electron chi connectivity index (χ2n) is 4.51. The number of nitrogens with one attached hydrogen (secondary N) is 1. The van der Waals surface area contributed by atoms with Crippen LogP contribution in [0, 0.1) is 13.8 Å². The van der Waals surface area contributed by atoms with E-state index in [1.54, 1.807) is 0 Å². The third-order valence-corrected chi connectivity index (χ3v) is 2.77. The Labute approximate surface area is 91.6 Å². The molecule has 0 aromatic heterocycles. The summed E-state index contributed by atoms with van der Waals surface area (Å²) in [6.45, 7) is 8.27. The zero-order chi connectivity index (χ0) is 10.8. The Hall–Kier alpha value is -0.860. The highest BCUT2D eigenvalue weighted by molar-refractivity contribution is 5.30. The second kappa shape index (κ2) is 4.33. The molecular weight excluding hydrogens is 186 g/mol. The lowest BCUT2D eigenvalue weighted by atomic mass is 10.0. The molecule has 2 nitrogen and oxygen atoms in total. The van der Waals surface area contributed by atoms with Gasteiger partial charge in [-0.3, -0.25) is 0 Å². The monoisotopic (exact) mass is 205 g/mol. The van der Waals surface area contributed by atoms with Crippen LogP contribution in [0.4, 0.5) is 0 Å². The molecule has 1 aromatic carbocycles. The molecule has 2 rings (SSSR count). The van der Waals surface area contributed by atoms with Crippen LogP contribution in [0.1, 0.15) is 29.7 Å². The lowest BCUT2D eigenvalue weighted by Crippen LogP contribution is -2.38. The van der Waals surface area contributed by atoms with E-state index in [4.69, 9.17) is 4.74 Å². The minimum absolute atomic E-state index is 0.215. The van der Waals surface area contributed by atoms with E-state index < -0.39 is 0 Å². The van der Waals surface area contributed by atoms with Gasteiger partial charge in [-0.2, -0.15) is 0 Å². The highest BCUT2D eigenvalue weighted by Gasteiger charge is 2.20. The molecule has 2 unspecified atom stereocenters. The lowest BCUT2D eigenvalue weighted by molar-refractivity contribution is -0.0287. The topological polar surface area (TPSA) is 21.3 Å². The van der Waals surface area contributed by atoms with Crippen molar-refractivity contribution in [3.05, 3.63) is 34.9 Å². The Morgan fingerprint density at radius 3 is 2.40 bits per heavy atom. The van der Waals surface area contributed by atoms with Gasteiger partial charge in [-0.15, -0.1) is 0 Å². The Kier molecular flexibility index (Phi) is 3.08. The molecule has 1 aliphatic rings. The average Bonchev–Trinajstić information content (AvgIpc) is 2.16. The molecule has 0 amide bonds. The molecule has 15 heavy (non-hydrogen) atoms. The number of hydrogen-bond donors (Lipinski definition) is 1. The van der Waals surface area contributed by atoms with Gasteiger partial charge in [0, 0.05) is 13.1 Å². The summed E-state index contributed by atoms with van der Waals surface area (Å²) in [5, 5.41) is 3.40. The lowest BCUT2D eigenvalue weighted by Gasteiger charge is -2.29. The standard InChI is InChI=1S/C13H19NO/c1-9-4-10(2)6-12(5-9)13-8-14-7-11(3)15-13/h4-6,11,13-14H,7-8H2,1-3H3. The molecule has 2 atom stereocenters. The highest BCUT2D eigenvalue weighted by Crippen LogP contribution is 2.23. The van der Waals surface area contributed by atoms with Crippen LogP contribution in [-0.4, -0.2) is 19.2 Å². The number of rotatable bonds is 1. The largest absolute Gasteiger partial charge is 0.368 e. The van der Waals surface area contributed by atoms with Crippen LogP contribution in [0.25, 0.3) is 0 Å². The Bertz CT molecular complexity index is 328. The molecule has 82 valence electrons. The van der Waals surface area contributed by atoms with Crippen LogP contribution in [0.5, 0.6) is 0 Å². The maximum atomic E-state index is 5.92. The summed E-state index contributed by atoms with van der Waals surface area (Å²) in [7, 11) is 0. The minimum atomic E-state index is 0.215. The fraction of sp³-hybridized carbons (Fsp3) is 0.538. The van der Waals surface area contributed by atoms with E-state index in [-0.39, 0.29) is 6.10 Å². The van der Waals surface area contributed by atoms with Crippen molar-refractivity contribution in [2.75, 3.05) is 13.1 Å². The summed E-state index contributed by atoms with van der Waals surface area (Å²) in [6.07, 6.45) is 0.525. The number of morpholine rings is 1. The quantitative estimate of drug-likeness (QED) is 0.760. The van der Waals surface area contributed by atoms with Crippen LogP contribution < -0.4 is 5.32 Å². The van der Waals surface area contributed by atoms with Crippen LogP contribution in [0.15, 0.2) is 18.2 Å². The number of ether oxygens (including phenoxy) is 1. The molecule has 1 aliphatic heterocycles. The predicted octanol–water partition coefficient (Wildman–Crippen LogP) is 2.35. The molecule has 1 fully saturated rings. The van der Waals surface area contributed by atoms with Gasteiger partial charge in [-0.1, -0.05) is 29.3 Å². The fourth-order valence-corrected chi connectivity index (χ4v) is 2.19. The van der Waals surface area contributed by atoms with E-state index in [0.717, 1.165) is 13.1 Å². The van der Waals surface area contributed by atoms with E-state index in [0.29, 0.717) is 6.10 Å². The molecule has 0 radical (unpaired) electrons. The van der Waals surface area contributed by atoms with Crippen molar-refractivity contribution < 1.29 is 4.74 Å². The Morgan fingerprint density at radius 1 is 1.13 bits per heavy atom. The Morgan fingerprint density at radius 2 is 1.80 bits per heavy atom. The third kappa shape index (κ3) is 2.58. The first kappa shape index (κ1) is 10.7. The average molecular weight is 205 g/mol. The van der Waals surface area contributed by atoms with Crippen molar-refractivity contribution in [3.63, 3.8) is 0 Å². The molecule has 1 N–H and O–H groups in total. The number of benzene rings is 1. The zero-order valence-corrected chi connectivity index (χ0v) is 9.71. The normalized spacial score (nSPS) is 26.6. The molecule has 1 aromatic rings. The van der Waals surface area contributed by atoms with Gasteiger partial charge in [-0.05, 0) is 26.3 Å². The summed E-state index contributed by atoms with van der Waals surface area (Å²) in [6, 6.07) is 6.64. The molecule has 0 aliphatic carbocycles. The van der Waals surface area contributed by atoms with Gasteiger partial charge in [0.25, 0.3) is 0 Å². The summed E-state index contributed by atoms with van der Waals surface area (Å²) >= 11 is 0. The molecule has 0 saturated carbocycles.